The molecule has 0 bridgehead atoms. The Morgan fingerprint density at radius 2 is 1.84 bits per heavy atom. The van der Waals surface area contributed by atoms with Gasteiger partial charge in [0.15, 0.2) is 0 Å². The molecule has 12 heteroatoms. The van der Waals surface area contributed by atoms with Crippen molar-refractivity contribution in [2.24, 2.45) is 0 Å². The van der Waals surface area contributed by atoms with E-state index in [9.17, 15) is 24.5 Å². The first kappa shape index (κ1) is 26.6. The minimum absolute atomic E-state index is 0.00453. The van der Waals surface area contributed by atoms with Crippen LogP contribution in [0.25, 0.3) is 6.08 Å². The lowest BCUT2D eigenvalue weighted by atomic mass is 10.2. The monoisotopic (exact) mass is 628 g/mol. The van der Waals surface area contributed by atoms with Gasteiger partial charge in [-0.2, -0.15) is 0 Å². The van der Waals surface area contributed by atoms with Gasteiger partial charge in [-0.25, -0.2) is 9.69 Å². The van der Waals surface area contributed by atoms with Gasteiger partial charge in [-0.05, 0) is 76.2 Å². The molecule has 1 aliphatic rings. The van der Waals surface area contributed by atoms with Crippen LogP contribution in [0.5, 0.6) is 11.5 Å². The number of methoxy groups -OCH3 is 1. The summed E-state index contributed by atoms with van der Waals surface area (Å²) < 4.78 is 11.8. The lowest BCUT2D eigenvalue weighted by molar-refractivity contribution is -0.384. The normalized spacial score (nSPS) is 13.8. The van der Waals surface area contributed by atoms with E-state index in [1.54, 1.807) is 54.6 Å². The van der Waals surface area contributed by atoms with Crippen molar-refractivity contribution in [2.45, 2.75) is 6.61 Å². The van der Waals surface area contributed by atoms with Gasteiger partial charge < -0.3 is 20.1 Å². The minimum atomic E-state index is -0.700. The summed E-state index contributed by atoms with van der Waals surface area (Å²) in [5.74, 6) is -0.141. The molecule has 3 aromatic rings. The van der Waals surface area contributed by atoms with Crippen LogP contribution in [0, 0.1) is 13.7 Å². The van der Waals surface area contributed by atoms with Crippen LogP contribution in [0.3, 0.4) is 0 Å². The van der Waals surface area contributed by atoms with Crippen LogP contribution in [0.15, 0.2) is 72.4 Å². The zero-order valence-corrected chi connectivity index (χ0v) is 22.1. The van der Waals surface area contributed by atoms with Crippen LogP contribution in [0.4, 0.5) is 16.2 Å². The van der Waals surface area contributed by atoms with Crippen LogP contribution in [-0.2, 0) is 16.2 Å². The highest BCUT2D eigenvalue weighted by atomic mass is 127. The number of urea groups is 1. The molecule has 3 aromatic carbocycles. The van der Waals surface area contributed by atoms with E-state index in [1.807, 2.05) is 0 Å². The van der Waals surface area contributed by atoms with Gasteiger partial charge in [-0.1, -0.05) is 18.2 Å². The summed E-state index contributed by atoms with van der Waals surface area (Å²) in [6, 6.07) is 17.4. The molecule has 4 rings (SSSR count). The Morgan fingerprint density at radius 3 is 2.53 bits per heavy atom. The molecule has 0 unspecified atom stereocenters. The smallest absolute Gasteiger partial charge is 0.329 e. The number of nitrogens with zero attached hydrogens (tertiary/aromatic N) is 2. The summed E-state index contributed by atoms with van der Waals surface area (Å²) in [5, 5.41) is 15.9. The molecule has 0 spiro atoms. The van der Waals surface area contributed by atoms with Gasteiger partial charge in [0.25, 0.3) is 11.6 Å². The van der Waals surface area contributed by atoms with Crippen molar-refractivity contribution in [3.63, 3.8) is 0 Å². The third-order valence-corrected chi connectivity index (χ3v) is 6.30. The number of non-ortho nitro benzene ring substituents is 1. The van der Waals surface area contributed by atoms with Gasteiger partial charge in [0.2, 0.25) is 5.91 Å². The van der Waals surface area contributed by atoms with Gasteiger partial charge in [0.1, 0.15) is 30.3 Å². The summed E-state index contributed by atoms with van der Waals surface area (Å²) in [6.07, 6.45) is 1.51. The summed E-state index contributed by atoms with van der Waals surface area (Å²) in [4.78, 5) is 48.8. The summed E-state index contributed by atoms with van der Waals surface area (Å²) in [6.45, 7) is -0.248. The molecule has 0 radical (unpaired) electrons. The van der Waals surface area contributed by atoms with Crippen molar-refractivity contribution < 1.29 is 28.8 Å². The number of halogens is 1. The lowest BCUT2D eigenvalue weighted by Crippen LogP contribution is -2.38. The zero-order valence-electron chi connectivity index (χ0n) is 20.0. The number of anilines is 1. The summed E-state index contributed by atoms with van der Waals surface area (Å²) in [5.41, 5.74) is 1.88. The first-order valence-electron chi connectivity index (χ1n) is 11.2. The van der Waals surface area contributed by atoms with Gasteiger partial charge in [-0.15, -0.1) is 0 Å². The van der Waals surface area contributed by atoms with Gasteiger partial charge in [0, 0.05) is 12.1 Å². The maximum Gasteiger partial charge on any atom is 0.329 e. The van der Waals surface area contributed by atoms with Crippen LogP contribution >= 0.6 is 22.6 Å². The van der Waals surface area contributed by atoms with Crippen LogP contribution in [0.2, 0.25) is 0 Å². The molecule has 11 nitrogen and oxygen atoms in total. The van der Waals surface area contributed by atoms with E-state index in [4.69, 9.17) is 9.47 Å². The first-order valence-corrected chi connectivity index (χ1v) is 12.3. The highest BCUT2D eigenvalue weighted by molar-refractivity contribution is 14.1. The fraction of sp³-hybridized carbons (Fsp3) is 0.115. The fourth-order valence-corrected chi connectivity index (χ4v) is 4.26. The highest BCUT2D eigenvalue weighted by Gasteiger charge is 2.35. The number of nitrogens with one attached hydrogen (secondary N) is 2. The number of nitro groups is 1. The second kappa shape index (κ2) is 11.7. The molecule has 2 N–H and O–H groups in total. The van der Waals surface area contributed by atoms with E-state index in [2.05, 4.69) is 33.2 Å². The second-order valence-electron chi connectivity index (χ2n) is 8.03. The predicted molar refractivity (Wildman–Crippen MR) is 146 cm³/mol. The molecule has 1 heterocycles. The average Bonchev–Trinajstić information content (AvgIpc) is 3.16. The molecule has 1 saturated heterocycles. The number of imide groups is 1. The number of rotatable bonds is 9. The van der Waals surface area contributed by atoms with Crippen molar-refractivity contribution in [2.75, 3.05) is 19.0 Å². The molecular weight excluding hydrogens is 607 g/mol. The SMILES string of the molecule is COc1ccccc1NC(=O)CN1C(=O)N/C(=C/c2ccc(OCc3ccc([N+](=O)[O-])cc3)c(I)c2)C1=O. The Hall–Kier alpha value is -4.46. The number of carbonyl (C=O) groups is 3. The molecule has 0 saturated carbocycles. The van der Waals surface area contributed by atoms with Crippen molar-refractivity contribution >= 4 is 57.9 Å². The number of hydrogen-bond acceptors (Lipinski definition) is 7. The Bertz CT molecular complexity index is 1440. The molecule has 1 aliphatic heterocycles. The number of amides is 4. The fourth-order valence-electron chi connectivity index (χ4n) is 3.56. The highest BCUT2D eigenvalue weighted by Crippen LogP contribution is 2.26. The number of nitro benzene ring substituents is 1. The van der Waals surface area contributed by atoms with E-state index in [0.717, 1.165) is 14.0 Å². The van der Waals surface area contributed by atoms with E-state index in [-0.39, 0.29) is 18.0 Å². The van der Waals surface area contributed by atoms with Crippen LogP contribution in [0.1, 0.15) is 11.1 Å². The number of benzene rings is 3. The average molecular weight is 628 g/mol. The molecule has 194 valence electrons. The molecule has 0 atom stereocenters. The largest absolute Gasteiger partial charge is 0.495 e. The van der Waals surface area contributed by atoms with Gasteiger partial charge in [0.05, 0.1) is 21.3 Å². The van der Waals surface area contributed by atoms with E-state index in [1.165, 1.54) is 25.3 Å². The number of ether oxygens (including phenoxy) is 2. The summed E-state index contributed by atoms with van der Waals surface area (Å²) >= 11 is 2.09. The molecular formula is C26H21IN4O7. The summed E-state index contributed by atoms with van der Waals surface area (Å²) in [7, 11) is 1.47. The standard InChI is InChI=1S/C26H21IN4O7/c1-37-23-5-3-2-4-20(23)28-24(32)14-30-25(33)21(29-26(30)34)13-17-8-11-22(19(27)12-17)38-15-16-6-9-18(10-7-16)31(35)36/h2-13H,14-15H2,1H3,(H,28,32)(H,29,34)/b21-13+. The van der Waals surface area contributed by atoms with Crippen molar-refractivity contribution in [1.82, 2.24) is 10.2 Å². The molecule has 38 heavy (non-hydrogen) atoms. The number of carbonyl (C=O) groups excluding carboxylic acids is 3. The van der Waals surface area contributed by atoms with E-state index >= 15 is 0 Å². The number of hydrogen-bond donors (Lipinski definition) is 2. The minimum Gasteiger partial charge on any atom is -0.495 e. The van der Waals surface area contributed by atoms with E-state index in [0.29, 0.717) is 22.7 Å². The second-order valence-corrected chi connectivity index (χ2v) is 9.19. The topological polar surface area (TPSA) is 140 Å². The maximum absolute atomic E-state index is 12.8. The maximum atomic E-state index is 12.8. The van der Waals surface area contributed by atoms with Crippen LogP contribution < -0.4 is 20.1 Å². The Labute approximate surface area is 230 Å². The van der Waals surface area contributed by atoms with Gasteiger partial charge in [-0.3, -0.25) is 19.7 Å². The lowest BCUT2D eigenvalue weighted by Gasteiger charge is -2.13. The Balaban J connectivity index is 1.39. The predicted octanol–water partition coefficient (Wildman–Crippen LogP) is 4.32. The molecule has 1 fully saturated rings. The molecule has 0 aromatic heterocycles. The van der Waals surface area contributed by atoms with E-state index < -0.39 is 29.3 Å². The Morgan fingerprint density at radius 1 is 1.11 bits per heavy atom. The van der Waals surface area contributed by atoms with Gasteiger partial charge >= 0.3 is 6.03 Å². The molecule has 4 amide bonds. The van der Waals surface area contributed by atoms with Crippen molar-refractivity contribution in [3.05, 3.63) is 97.2 Å². The van der Waals surface area contributed by atoms with Crippen molar-refractivity contribution in [3.8, 4) is 11.5 Å². The quantitative estimate of drug-likeness (QED) is 0.118. The van der Waals surface area contributed by atoms with Crippen LogP contribution in [-0.4, -0.2) is 41.3 Å². The molecule has 0 aliphatic carbocycles. The first-order chi connectivity index (χ1) is 18.2. The Kier molecular flexibility index (Phi) is 8.21. The third kappa shape index (κ3) is 6.26. The zero-order chi connectivity index (χ0) is 27.2. The van der Waals surface area contributed by atoms with Crippen molar-refractivity contribution in [1.29, 1.82) is 0 Å². The third-order valence-electron chi connectivity index (χ3n) is 5.45. The number of para-hydroxylation sites is 2.